The highest BCUT2D eigenvalue weighted by Crippen LogP contribution is 2.26. The van der Waals surface area contributed by atoms with Crippen LogP contribution in [0.25, 0.3) is 0 Å². The molecule has 0 fully saturated rings. The second kappa shape index (κ2) is 6.07. The first-order valence-electron chi connectivity index (χ1n) is 5.21. The maximum atomic E-state index is 12.1. The van der Waals surface area contributed by atoms with Crippen LogP contribution in [0.3, 0.4) is 0 Å². The molecule has 0 atom stereocenters. The molecule has 1 N–H and O–H groups in total. The van der Waals surface area contributed by atoms with E-state index >= 15 is 0 Å². The molecule has 0 aliphatic carbocycles. The van der Waals surface area contributed by atoms with Gasteiger partial charge in [-0.2, -0.15) is 8.78 Å². The van der Waals surface area contributed by atoms with Crippen molar-refractivity contribution in [3.8, 4) is 0 Å². The van der Waals surface area contributed by atoms with Gasteiger partial charge >= 0.3 is 0 Å². The Morgan fingerprint density at radius 2 is 2.05 bits per heavy atom. The molecule has 19 heavy (non-hydrogen) atoms. The maximum Gasteiger partial charge on any atom is 0.288 e. The molecule has 0 aliphatic rings. The zero-order valence-corrected chi connectivity index (χ0v) is 11.4. The Kier molecular flexibility index (Phi) is 4.43. The van der Waals surface area contributed by atoms with Gasteiger partial charge in [0.15, 0.2) is 0 Å². The second-order valence-electron chi connectivity index (χ2n) is 3.54. The predicted molar refractivity (Wildman–Crippen MR) is 70.9 cm³/mol. The maximum absolute atomic E-state index is 12.1. The molecule has 0 unspecified atom stereocenters. The highest BCUT2D eigenvalue weighted by molar-refractivity contribution is 7.99. The van der Waals surface area contributed by atoms with Gasteiger partial charge in [0.05, 0.1) is 5.69 Å². The number of carbonyl (C=O) groups is 1. The molecule has 100 valence electrons. The summed E-state index contributed by atoms with van der Waals surface area (Å²) in [6, 6.07) is 6.22. The molecule has 8 heteroatoms. The molecule has 1 aromatic heterocycles. The summed E-state index contributed by atoms with van der Waals surface area (Å²) in [6.45, 7) is 1.70. The van der Waals surface area contributed by atoms with Crippen molar-refractivity contribution >= 4 is 34.9 Å². The van der Waals surface area contributed by atoms with E-state index in [-0.39, 0.29) is 5.91 Å². The number of nitrogens with one attached hydrogen (secondary N) is 1. The number of anilines is 1. The second-order valence-corrected chi connectivity index (χ2v) is 5.36. The average Bonchev–Trinajstić information content (AvgIpc) is 2.77. The van der Waals surface area contributed by atoms with Crippen molar-refractivity contribution in [1.29, 1.82) is 0 Å². The summed E-state index contributed by atoms with van der Waals surface area (Å²) in [5.41, 5.74) is 1.10. The summed E-state index contributed by atoms with van der Waals surface area (Å²) in [7, 11) is 0. The molecule has 0 bridgehead atoms. The van der Waals surface area contributed by atoms with E-state index in [1.807, 2.05) is 0 Å². The van der Waals surface area contributed by atoms with Gasteiger partial charge in [0.25, 0.3) is 11.7 Å². The molecular formula is C11H9F2N3OS2. The Balaban J connectivity index is 2.04. The number of benzene rings is 1. The normalized spacial score (nSPS) is 10.7. The largest absolute Gasteiger partial charge is 0.321 e. The summed E-state index contributed by atoms with van der Waals surface area (Å²) in [4.78, 5) is 12.7. The Labute approximate surface area is 116 Å². The van der Waals surface area contributed by atoms with E-state index in [2.05, 4.69) is 14.9 Å². The molecule has 0 saturated carbocycles. The lowest BCUT2D eigenvalue weighted by molar-refractivity contribution is 0.103. The number of halogens is 2. The third kappa shape index (κ3) is 3.71. The molecule has 0 aliphatic heterocycles. The monoisotopic (exact) mass is 301 g/mol. The number of carbonyl (C=O) groups excluding carboxylic acids is 1. The third-order valence-electron chi connectivity index (χ3n) is 2.20. The summed E-state index contributed by atoms with van der Waals surface area (Å²) >= 11 is 1.47. The van der Waals surface area contributed by atoms with Crippen LogP contribution in [0.2, 0.25) is 0 Å². The van der Waals surface area contributed by atoms with E-state index in [1.54, 1.807) is 19.1 Å². The number of amides is 1. The number of alkyl halides is 2. The third-order valence-corrected chi connectivity index (χ3v) is 3.74. The van der Waals surface area contributed by atoms with Crippen molar-refractivity contribution in [1.82, 2.24) is 9.59 Å². The molecule has 1 aromatic carbocycles. The van der Waals surface area contributed by atoms with Crippen molar-refractivity contribution in [2.24, 2.45) is 0 Å². The van der Waals surface area contributed by atoms with Crippen LogP contribution in [0.1, 0.15) is 15.4 Å². The van der Waals surface area contributed by atoms with Crippen LogP contribution < -0.4 is 5.32 Å². The molecule has 0 spiro atoms. The summed E-state index contributed by atoms with van der Waals surface area (Å²) in [5, 5.41) is 6.41. The van der Waals surface area contributed by atoms with Gasteiger partial charge in [-0.05, 0) is 42.7 Å². The van der Waals surface area contributed by atoms with Crippen LogP contribution in [0.5, 0.6) is 0 Å². The number of nitrogens with zero attached hydrogens (tertiary/aromatic N) is 2. The Morgan fingerprint density at radius 1 is 1.37 bits per heavy atom. The van der Waals surface area contributed by atoms with Crippen LogP contribution in [0, 0.1) is 6.92 Å². The molecule has 0 saturated heterocycles. The number of hydrogen-bond acceptors (Lipinski definition) is 5. The minimum absolute atomic E-state index is 0.304. The van der Waals surface area contributed by atoms with Gasteiger partial charge in [-0.15, -0.1) is 5.10 Å². The van der Waals surface area contributed by atoms with Gasteiger partial charge in [-0.1, -0.05) is 16.3 Å². The van der Waals surface area contributed by atoms with Crippen LogP contribution in [0.15, 0.2) is 29.2 Å². The van der Waals surface area contributed by atoms with Gasteiger partial charge in [-0.25, -0.2) is 0 Å². The van der Waals surface area contributed by atoms with E-state index < -0.39 is 5.76 Å². The van der Waals surface area contributed by atoms with Crippen molar-refractivity contribution in [3.63, 3.8) is 0 Å². The lowest BCUT2D eigenvalue weighted by Crippen LogP contribution is -2.11. The lowest BCUT2D eigenvalue weighted by atomic mass is 10.3. The summed E-state index contributed by atoms with van der Waals surface area (Å²) < 4.78 is 28.0. The minimum atomic E-state index is -2.45. The predicted octanol–water partition coefficient (Wildman–Crippen LogP) is 3.41. The van der Waals surface area contributed by atoms with Crippen LogP contribution in [-0.4, -0.2) is 21.3 Å². The van der Waals surface area contributed by atoms with Crippen LogP contribution in [0.4, 0.5) is 14.5 Å². The summed E-state index contributed by atoms with van der Waals surface area (Å²) in [6.07, 6.45) is 0. The molecule has 2 rings (SSSR count). The molecular weight excluding hydrogens is 292 g/mol. The Hall–Kier alpha value is -1.54. The van der Waals surface area contributed by atoms with Crippen LogP contribution in [-0.2, 0) is 0 Å². The Bertz CT molecular complexity index is 572. The number of thioether (sulfide) groups is 1. The molecule has 0 radical (unpaired) electrons. The zero-order valence-electron chi connectivity index (χ0n) is 9.76. The number of rotatable bonds is 4. The molecule has 2 aromatic rings. The Morgan fingerprint density at radius 3 is 2.58 bits per heavy atom. The highest BCUT2D eigenvalue weighted by Gasteiger charge is 2.13. The fraction of sp³-hybridized carbons (Fsp3) is 0.182. The number of aryl methyl sites for hydroxylation is 1. The quantitative estimate of drug-likeness (QED) is 0.879. The first kappa shape index (κ1) is 13.9. The van der Waals surface area contributed by atoms with E-state index in [0.717, 1.165) is 11.5 Å². The van der Waals surface area contributed by atoms with E-state index in [4.69, 9.17) is 0 Å². The smallest absolute Gasteiger partial charge is 0.288 e. The van der Waals surface area contributed by atoms with Gasteiger partial charge in [0.1, 0.15) is 4.88 Å². The van der Waals surface area contributed by atoms with Crippen molar-refractivity contribution < 1.29 is 13.6 Å². The van der Waals surface area contributed by atoms with Crippen molar-refractivity contribution in [3.05, 3.63) is 34.8 Å². The fourth-order valence-electron chi connectivity index (χ4n) is 1.35. The topological polar surface area (TPSA) is 54.9 Å². The van der Waals surface area contributed by atoms with Gasteiger partial charge < -0.3 is 5.32 Å². The average molecular weight is 301 g/mol. The SMILES string of the molecule is Cc1nnsc1C(=O)Nc1ccc(SC(F)F)cc1. The standard InChI is InChI=1S/C11H9F2N3OS2/c1-6-9(19-16-15-6)10(17)14-7-2-4-8(5-3-7)18-11(12)13/h2-5,11H,1H3,(H,14,17). The minimum Gasteiger partial charge on any atom is -0.321 e. The van der Waals surface area contributed by atoms with E-state index in [9.17, 15) is 13.6 Å². The molecule has 1 amide bonds. The zero-order chi connectivity index (χ0) is 13.8. The van der Waals surface area contributed by atoms with E-state index in [0.29, 0.717) is 32.9 Å². The molecule has 4 nitrogen and oxygen atoms in total. The van der Waals surface area contributed by atoms with E-state index in [1.165, 1.54) is 12.1 Å². The number of aromatic nitrogens is 2. The van der Waals surface area contributed by atoms with Crippen molar-refractivity contribution in [2.45, 2.75) is 17.6 Å². The number of hydrogen-bond donors (Lipinski definition) is 1. The van der Waals surface area contributed by atoms with Gasteiger partial charge in [0.2, 0.25) is 0 Å². The summed E-state index contributed by atoms with van der Waals surface area (Å²) in [5.74, 6) is -2.76. The molecule has 1 heterocycles. The van der Waals surface area contributed by atoms with Crippen molar-refractivity contribution in [2.75, 3.05) is 5.32 Å². The first-order valence-corrected chi connectivity index (χ1v) is 6.87. The van der Waals surface area contributed by atoms with Gasteiger partial charge in [-0.3, -0.25) is 4.79 Å². The fourth-order valence-corrected chi connectivity index (χ4v) is 2.40. The first-order chi connectivity index (χ1) is 9.06. The highest BCUT2D eigenvalue weighted by atomic mass is 32.2. The lowest BCUT2D eigenvalue weighted by Gasteiger charge is -2.05. The van der Waals surface area contributed by atoms with Gasteiger partial charge in [0, 0.05) is 10.6 Å². The van der Waals surface area contributed by atoms with Crippen LogP contribution >= 0.6 is 23.3 Å².